The Balaban J connectivity index is 1.50. The molecule has 1 aliphatic rings. The Morgan fingerprint density at radius 3 is 2.47 bits per heavy atom. The highest BCUT2D eigenvalue weighted by molar-refractivity contribution is 5.79. The van der Waals surface area contributed by atoms with Gasteiger partial charge in [-0.15, -0.1) is 0 Å². The normalized spacial score (nSPS) is 15.1. The number of aromatic nitrogens is 1. The minimum atomic E-state index is -1.04. The van der Waals surface area contributed by atoms with Crippen molar-refractivity contribution in [2.24, 2.45) is 0 Å². The molecule has 1 fully saturated rings. The zero-order valence-corrected chi connectivity index (χ0v) is 18.5. The van der Waals surface area contributed by atoms with E-state index in [1.165, 1.54) is 32.1 Å². The van der Waals surface area contributed by atoms with Crippen molar-refractivity contribution in [1.82, 2.24) is 4.98 Å². The summed E-state index contributed by atoms with van der Waals surface area (Å²) in [7, 11) is 0. The van der Waals surface area contributed by atoms with Gasteiger partial charge in [0.05, 0.1) is 18.9 Å². The lowest BCUT2D eigenvalue weighted by molar-refractivity contribution is -0.158. The molecule has 2 aromatic rings. The van der Waals surface area contributed by atoms with Crippen LogP contribution < -0.4 is 9.47 Å². The van der Waals surface area contributed by atoms with Crippen LogP contribution in [0, 0.1) is 6.92 Å². The molecule has 0 saturated heterocycles. The molecule has 6 heteroatoms. The highest BCUT2D eigenvalue weighted by Gasteiger charge is 2.31. The standard InChI is InChI=1S/C24H33NO5/c1-5-27-23(26)24(3,4)30-20-13-11-19(12-14-20)28-16-15-21-17(2)29-22(25-21)18-9-7-6-8-10-18/h11-14,18H,5-10,15-16H2,1-4H3. The molecule has 0 radical (unpaired) electrons. The van der Waals surface area contributed by atoms with E-state index in [1.807, 2.05) is 19.1 Å². The summed E-state index contributed by atoms with van der Waals surface area (Å²) < 4.78 is 22.6. The second-order valence-electron chi connectivity index (χ2n) is 8.29. The van der Waals surface area contributed by atoms with Gasteiger partial charge >= 0.3 is 5.97 Å². The van der Waals surface area contributed by atoms with Crippen molar-refractivity contribution in [2.45, 2.75) is 77.7 Å². The number of hydrogen-bond donors (Lipinski definition) is 0. The number of carbonyl (C=O) groups excluding carboxylic acids is 1. The van der Waals surface area contributed by atoms with E-state index >= 15 is 0 Å². The summed E-state index contributed by atoms with van der Waals surface area (Å²) in [4.78, 5) is 16.7. The number of oxazole rings is 1. The summed E-state index contributed by atoms with van der Waals surface area (Å²) in [6, 6.07) is 7.25. The average molecular weight is 416 g/mol. The van der Waals surface area contributed by atoms with Crippen molar-refractivity contribution in [3.05, 3.63) is 41.6 Å². The Morgan fingerprint density at radius 1 is 1.13 bits per heavy atom. The lowest BCUT2D eigenvalue weighted by Gasteiger charge is -2.24. The van der Waals surface area contributed by atoms with Crippen molar-refractivity contribution in [1.29, 1.82) is 0 Å². The van der Waals surface area contributed by atoms with Crippen molar-refractivity contribution in [2.75, 3.05) is 13.2 Å². The largest absolute Gasteiger partial charge is 0.493 e. The molecular formula is C24H33NO5. The molecule has 0 atom stereocenters. The van der Waals surface area contributed by atoms with Crippen molar-refractivity contribution >= 4 is 5.97 Å². The smallest absolute Gasteiger partial charge is 0.349 e. The van der Waals surface area contributed by atoms with Crippen LogP contribution in [-0.2, 0) is 16.0 Å². The van der Waals surface area contributed by atoms with Crippen LogP contribution in [0.3, 0.4) is 0 Å². The third-order valence-corrected chi connectivity index (χ3v) is 5.43. The van der Waals surface area contributed by atoms with Crippen molar-refractivity contribution < 1.29 is 23.4 Å². The number of nitrogens with zero attached hydrogens (tertiary/aromatic N) is 1. The van der Waals surface area contributed by atoms with Gasteiger partial charge in [0.25, 0.3) is 0 Å². The van der Waals surface area contributed by atoms with E-state index in [2.05, 4.69) is 0 Å². The number of hydrogen-bond acceptors (Lipinski definition) is 6. The van der Waals surface area contributed by atoms with Crippen LogP contribution in [-0.4, -0.2) is 29.8 Å². The molecule has 0 aliphatic heterocycles. The van der Waals surface area contributed by atoms with Crippen LogP contribution in [0.25, 0.3) is 0 Å². The number of carbonyl (C=O) groups is 1. The number of ether oxygens (including phenoxy) is 3. The molecule has 0 amide bonds. The second-order valence-corrected chi connectivity index (χ2v) is 8.29. The fraction of sp³-hybridized carbons (Fsp3) is 0.583. The number of esters is 1. The number of aryl methyl sites for hydroxylation is 1. The van der Waals surface area contributed by atoms with Crippen molar-refractivity contribution in [3.63, 3.8) is 0 Å². The molecule has 1 aliphatic carbocycles. The topological polar surface area (TPSA) is 70.8 Å². The predicted octanol–water partition coefficient (Wildman–Crippen LogP) is 5.37. The monoisotopic (exact) mass is 415 g/mol. The summed E-state index contributed by atoms with van der Waals surface area (Å²) in [6.07, 6.45) is 6.91. The lowest BCUT2D eigenvalue weighted by Crippen LogP contribution is -2.39. The van der Waals surface area contributed by atoms with E-state index in [1.54, 1.807) is 32.9 Å². The maximum absolute atomic E-state index is 12.0. The molecule has 164 valence electrons. The molecule has 0 bridgehead atoms. The van der Waals surface area contributed by atoms with E-state index in [-0.39, 0.29) is 5.97 Å². The lowest BCUT2D eigenvalue weighted by atomic mass is 9.89. The first-order valence-corrected chi connectivity index (χ1v) is 10.9. The van der Waals surface area contributed by atoms with Gasteiger partial charge in [0.1, 0.15) is 17.3 Å². The Labute approximate surface area is 178 Å². The van der Waals surface area contributed by atoms with Crippen LogP contribution in [0.1, 0.15) is 76.1 Å². The van der Waals surface area contributed by atoms with E-state index in [0.717, 1.165) is 23.1 Å². The number of rotatable bonds is 9. The zero-order valence-electron chi connectivity index (χ0n) is 18.5. The number of benzene rings is 1. The van der Waals surface area contributed by atoms with E-state index < -0.39 is 5.60 Å². The molecule has 1 heterocycles. The SMILES string of the molecule is CCOC(=O)C(C)(C)Oc1ccc(OCCc2nc(C3CCCCC3)oc2C)cc1. The third kappa shape index (κ3) is 5.77. The molecule has 0 spiro atoms. The first-order valence-electron chi connectivity index (χ1n) is 10.9. The maximum atomic E-state index is 12.0. The van der Waals surface area contributed by atoms with Gasteiger partial charge in [-0.3, -0.25) is 0 Å². The molecule has 1 aromatic carbocycles. The minimum Gasteiger partial charge on any atom is -0.493 e. The quantitative estimate of drug-likeness (QED) is 0.513. The Morgan fingerprint density at radius 2 is 1.80 bits per heavy atom. The van der Waals surface area contributed by atoms with E-state index in [4.69, 9.17) is 23.6 Å². The van der Waals surface area contributed by atoms with Gasteiger partial charge in [-0.25, -0.2) is 9.78 Å². The van der Waals surface area contributed by atoms with Crippen molar-refractivity contribution in [3.8, 4) is 11.5 Å². The van der Waals surface area contributed by atoms with Gasteiger partial charge in [0.2, 0.25) is 0 Å². The summed E-state index contributed by atoms with van der Waals surface area (Å²) in [5.74, 6) is 3.20. The second kappa shape index (κ2) is 10.0. The Hall–Kier alpha value is -2.50. The molecule has 1 aromatic heterocycles. The Bertz CT molecular complexity index is 819. The first-order chi connectivity index (χ1) is 14.4. The fourth-order valence-corrected chi connectivity index (χ4v) is 3.72. The van der Waals surface area contributed by atoms with Crippen LogP contribution >= 0.6 is 0 Å². The van der Waals surface area contributed by atoms with Gasteiger partial charge in [-0.1, -0.05) is 19.3 Å². The van der Waals surface area contributed by atoms with E-state index in [0.29, 0.717) is 31.3 Å². The summed E-state index contributed by atoms with van der Waals surface area (Å²) in [6.45, 7) is 7.98. The molecule has 3 rings (SSSR count). The molecule has 1 saturated carbocycles. The third-order valence-electron chi connectivity index (χ3n) is 5.43. The van der Waals surface area contributed by atoms with Gasteiger partial charge in [0.15, 0.2) is 11.5 Å². The van der Waals surface area contributed by atoms with Gasteiger partial charge in [-0.2, -0.15) is 0 Å². The predicted molar refractivity (Wildman–Crippen MR) is 114 cm³/mol. The van der Waals surface area contributed by atoms with Crippen LogP contribution in [0.5, 0.6) is 11.5 Å². The van der Waals surface area contributed by atoms with Crippen LogP contribution in [0.2, 0.25) is 0 Å². The average Bonchev–Trinajstić information content (AvgIpc) is 3.10. The highest BCUT2D eigenvalue weighted by Crippen LogP contribution is 2.33. The molecular weight excluding hydrogens is 382 g/mol. The summed E-state index contributed by atoms with van der Waals surface area (Å²) >= 11 is 0. The molecule has 30 heavy (non-hydrogen) atoms. The van der Waals surface area contributed by atoms with Gasteiger partial charge in [-0.05, 0) is 64.8 Å². The summed E-state index contributed by atoms with van der Waals surface area (Å²) in [5.41, 5.74) is -0.0643. The van der Waals surface area contributed by atoms with Crippen LogP contribution in [0.4, 0.5) is 0 Å². The first kappa shape index (κ1) is 22.2. The maximum Gasteiger partial charge on any atom is 0.349 e. The van der Waals surface area contributed by atoms with E-state index in [9.17, 15) is 4.79 Å². The molecule has 0 N–H and O–H groups in total. The fourth-order valence-electron chi connectivity index (χ4n) is 3.72. The summed E-state index contributed by atoms with van der Waals surface area (Å²) in [5, 5.41) is 0. The minimum absolute atomic E-state index is 0.325. The molecule has 6 nitrogen and oxygen atoms in total. The molecule has 0 unspecified atom stereocenters. The zero-order chi connectivity index (χ0) is 21.6. The Kier molecular flexibility index (Phi) is 7.40. The van der Waals surface area contributed by atoms with Gasteiger partial charge < -0.3 is 18.6 Å². The van der Waals surface area contributed by atoms with Gasteiger partial charge in [0, 0.05) is 12.3 Å². The van der Waals surface area contributed by atoms with Crippen LogP contribution in [0.15, 0.2) is 28.7 Å². The highest BCUT2D eigenvalue weighted by atomic mass is 16.6.